The molecular formula is C22H30N2O2S. The van der Waals surface area contributed by atoms with Crippen molar-refractivity contribution in [3.63, 3.8) is 0 Å². The molecule has 1 N–H and O–H groups in total. The quantitative estimate of drug-likeness (QED) is 0.763. The molecule has 1 aliphatic heterocycles. The van der Waals surface area contributed by atoms with E-state index in [4.69, 9.17) is 4.74 Å². The number of ether oxygens (including phenoxy) is 1. The zero-order chi connectivity index (χ0) is 19.1. The maximum atomic E-state index is 12.4. The number of rotatable bonds is 7. The fraction of sp³-hybridized carbons (Fsp3) is 0.500. The number of aryl methyl sites for hydroxylation is 2. The number of amides is 1. The van der Waals surface area contributed by atoms with Crippen LogP contribution in [0, 0.1) is 13.8 Å². The molecule has 1 aromatic carbocycles. The monoisotopic (exact) mass is 386 g/mol. The fourth-order valence-corrected chi connectivity index (χ4v) is 4.58. The summed E-state index contributed by atoms with van der Waals surface area (Å²) in [5.41, 5.74) is 2.29. The third kappa shape index (κ3) is 6.08. The Morgan fingerprint density at radius 3 is 2.48 bits per heavy atom. The summed E-state index contributed by atoms with van der Waals surface area (Å²) < 4.78 is 5.69. The Labute approximate surface area is 166 Å². The Bertz CT molecular complexity index is 702. The zero-order valence-electron chi connectivity index (χ0n) is 16.4. The molecule has 0 aliphatic carbocycles. The molecule has 1 saturated heterocycles. The van der Waals surface area contributed by atoms with Gasteiger partial charge >= 0.3 is 0 Å². The van der Waals surface area contributed by atoms with Gasteiger partial charge in [-0.25, -0.2) is 0 Å². The van der Waals surface area contributed by atoms with Gasteiger partial charge in [0, 0.05) is 11.4 Å². The Hall–Kier alpha value is -1.85. The lowest BCUT2D eigenvalue weighted by molar-refractivity contribution is -0.123. The number of carbonyl (C=O) groups is 1. The largest absolute Gasteiger partial charge is 0.484 e. The van der Waals surface area contributed by atoms with Crippen molar-refractivity contribution in [1.82, 2.24) is 10.2 Å². The number of likely N-dealkylation sites (tertiary alicyclic amines) is 1. The van der Waals surface area contributed by atoms with Gasteiger partial charge in [-0.15, -0.1) is 11.3 Å². The highest BCUT2D eigenvalue weighted by Crippen LogP contribution is 2.27. The average molecular weight is 387 g/mol. The zero-order valence-corrected chi connectivity index (χ0v) is 17.2. The van der Waals surface area contributed by atoms with Gasteiger partial charge in [-0.1, -0.05) is 25.0 Å². The van der Waals surface area contributed by atoms with Crippen LogP contribution >= 0.6 is 11.3 Å². The van der Waals surface area contributed by atoms with Crippen LogP contribution in [0.3, 0.4) is 0 Å². The van der Waals surface area contributed by atoms with Gasteiger partial charge in [-0.3, -0.25) is 9.69 Å². The van der Waals surface area contributed by atoms with E-state index in [1.807, 2.05) is 26.0 Å². The molecule has 0 spiro atoms. The van der Waals surface area contributed by atoms with E-state index >= 15 is 0 Å². The van der Waals surface area contributed by atoms with Crippen molar-refractivity contribution in [2.24, 2.45) is 0 Å². The first-order chi connectivity index (χ1) is 13.1. The normalized spacial score (nSPS) is 16.5. The van der Waals surface area contributed by atoms with Crippen LogP contribution in [-0.2, 0) is 4.79 Å². The minimum atomic E-state index is -0.0643. The number of hydrogen-bond donors (Lipinski definition) is 1. The maximum Gasteiger partial charge on any atom is 0.258 e. The van der Waals surface area contributed by atoms with Crippen molar-refractivity contribution in [3.8, 4) is 5.75 Å². The second-order valence-electron chi connectivity index (χ2n) is 7.40. The number of nitrogens with zero attached hydrogens (tertiary/aromatic N) is 1. The van der Waals surface area contributed by atoms with Crippen LogP contribution in [0.5, 0.6) is 5.75 Å². The first-order valence-electron chi connectivity index (χ1n) is 9.87. The molecule has 27 heavy (non-hydrogen) atoms. The van der Waals surface area contributed by atoms with Crippen molar-refractivity contribution in [2.75, 3.05) is 26.2 Å². The van der Waals surface area contributed by atoms with Crippen molar-refractivity contribution in [3.05, 3.63) is 51.7 Å². The Morgan fingerprint density at radius 1 is 1.15 bits per heavy atom. The number of thiophene rings is 1. The van der Waals surface area contributed by atoms with E-state index in [2.05, 4.69) is 33.8 Å². The van der Waals surface area contributed by atoms with E-state index in [9.17, 15) is 4.79 Å². The van der Waals surface area contributed by atoms with Gasteiger partial charge in [0.15, 0.2) is 6.61 Å². The van der Waals surface area contributed by atoms with E-state index in [1.54, 1.807) is 11.3 Å². The van der Waals surface area contributed by atoms with E-state index in [0.29, 0.717) is 6.54 Å². The highest BCUT2D eigenvalue weighted by molar-refractivity contribution is 7.10. The Morgan fingerprint density at radius 2 is 1.85 bits per heavy atom. The van der Waals surface area contributed by atoms with Gasteiger partial charge in [0.25, 0.3) is 5.91 Å². The van der Waals surface area contributed by atoms with Crippen LogP contribution < -0.4 is 10.1 Å². The third-order valence-corrected chi connectivity index (χ3v) is 5.98. The van der Waals surface area contributed by atoms with Crippen LogP contribution in [-0.4, -0.2) is 37.0 Å². The molecule has 4 nitrogen and oxygen atoms in total. The molecule has 0 radical (unpaired) electrons. The Balaban J connectivity index is 1.55. The molecule has 3 rings (SSSR count). The van der Waals surface area contributed by atoms with Crippen molar-refractivity contribution in [2.45, 2.75) is 45.6 Å². The molecule has 0 unspecified atom stereocenters. The van der Waals surface area contributed by atoms with Crippen LogP contribution in [0.2, 0.25) is 0 Å². The van der Waals surface area contributed by atoms with E-state index in [0.717, 1.165) is 30.0 Å². The predicted molar refractivity (Wildman–Crippen MR) is 112 cm³/mol. The first kappa shape index (κ1) is 19.9. The van der Waals surface area contributed by atoms with E-state index in [-0.39, 0.29) is 18.6 Å². The number of hydrogen-bond acceptors (Lipinski definition) is 4. The summed E-state index contributed by atoms with van der Waals surface area (Å²) >= 11 is 1.77. The molecule has 146 valence electrons. The molecule has 2 aromatic rings. The highest BCUT2D eigenvalue weighted by atomic mass is 32.1. The van der Waals surface area contributed by atoms with Crippen molar-refractivity contribution in [1.29, 1.82) is 0 Å². The Kier molecular flexibility index (Phi) is 7.30. The maximum absolute atomic E-state index is 12.4. The number of carbonyl (C=O) groups excluding carboxylic acids is 1. The minimum Gasteiger partial charge on any atom is -0.484 e. The lowest BCUT2D eigenvalue weighted by Gasteiger charge is -2.30. The number of benzene rings is 1. The molecule has 1 aromatic heterocycles. The van der Waals surface area contributed by atoms with Gasteiger partial charge in [-0.05, 0) is 74.5 Å². The third-order valence-electron chi connectivity index (χ3n) is 5.01. The molecule has 0 bridgehead atoms. The molecule has 1 amide bonds. The van der Waals surface area contributed by atoms with Gasteiger partial charge < -0.3 is 10.1 Å². The molecule has 1 fully saturated rings. The summed E-state index contributed by atoms with van der Waals surface area (Å²) in [6.07, 6.45) is 5.10. The van der Waals surface area contributed by atoms with Crippen LogP contribution in [0.1, 0.15) is 47.7 Å². The highest BCUT2D eigenvalue weighted by Gasteiger charge is 2.23. The topological polar surface area (TPSA) is 41.6 Å². The van der Waals surface area contributed by atoms with Crippen molar-refractivity contribution < 1.29 is 9.53 Å². The summed E-state index contributed by atoms with van der Waals surface area (Å²) in [6.45, 7) is 6.98. The average Bonchev–Trinajstić information content (AvgIpc) is 3.02. The second kappa shape index (κ2) is 9.90. The molecule has 2 heterocycles. The van der Waals surface area contributed by atoms with Crippen LogP contribution in [0.4, 0.5) is 0 Å². The molecule has 1 aliphatic rings. The van der Waals surface area contributed by atoms with Gasteiger partial charge in [0.1, 0.15) is 5.75 Å². The lowest BCUT2D eigenvalue weighted by atomic mass is 10.1. The van der Waals surface area contributed by atoms with E-state index in [1.165, 1.54) is 30.6 Å². The van der Waals surface area contributed by atoms with Gasteiger partial charge in [0.2, 0.25) is 0 Å². The summed E-state index contributed by atoms with van der Waals surface area (Å²) in [7, 11) is 0. The molecule has 5 heteroatoms. The first-order valence-corrected chi connectivity index (χ1v) is 10.7. The van der Waals surface area contributed by atoms with Crippen molar-refractivity contribution >= 4 is 17.2 Å². The molecule has 1 atom stereocenters. The van der Waals surface area contributed by atoms with Crippen LogP contribution in [0.25, 0.3) is 0 Å². The standard InChI is InChI=1S/C22H30N2O2S/c1-17-12-18(2)14-19(13-17)26-16-22(25)23-15-20(21-8-7-11-27-21)24-9-5-3-4-6-10-24/h7-8,11-14,20H,3-6,9-10,15-16H2,1-2H3,(H,23,25)/t20-/m1/s1. The van der Waals surface area contributed by atoms with E-state index < -0.39 is 0 Å². The second-order valence-corrected chi connectivity index (χ2v) is 8.38. The molecular weight excluding hydrogens is 356 g/mol. The smallest absolute Gasteiger partial charge is 0.258 e. The SMILES string of the molecule is Cc1cc(C)cc(OCC(=O)NC[C@H](c2cccs2)N2CCCCCC2)c1. The molecule has 0 saturated carbocycles. The minimum absolute atomic E-state index is 0.0556. The number of nitrogens with one attached hydrogen (secondary N) is 1. The van der Waals surface area contributed by atoms with Crippen LogP contribution in [0.15, 0.2) is 35.7 Å². The summed E-state index contributed by atoms with van der Waals surface area (Å²) in [4.78, 5) is 16.2. The van der Waals surface area contributed by atoms with Gasteiger partial charge in [0.05, 0.1) is 6.04 Å². The summed E-state index contributed by atoms with van der Waals surface area (Å²) in [6, 6.07) is 10.6. The fourth-order valence-electron chi connectivity index (χ4n) is 3.72. The van der Waals surface area contributed by atoms with Gasteiger partial charge in [-0.2, -0.15) is 0 Å². The summed E-state index contributed by atoms with van der Waals surface area (Å²) in [5.74, 6) is 0.690. The lowest BCUT2D eigenvalue weighted by Crippen LogP contribution is -2.39. The predicted octanol–water partition coefficient (Wildman–Crippen LogP) is 4.48. The summed E-state index contributed by atoms with van der Waals surface area (Å²) in [5, 5.41) is 5.21.